The highest BCUT2D eigenvalue weighted by Gasteiger charge is 2.18. The minimum atomic E-state index is -0.309. The molecule has 1 aliphatic rings. The van der Waals surface area contributed by atoms with Crippen molar-refractivity contribution in [1.82, 2.24) is 13.5 Å². The zero-order valence-corrected chi connectivity index (χ0v) is 20.9. The van der Waals surface area contributed by atoms with E-state index in [1.807, 2.05) is 35.4 Å². The van der Waals surface area contributed by atoms with Gasteiger partial charge in [0.05, 0.1) is 31.1 Å². The number of anilines is 1. The number of halogens is 2. The Bertz CT molecular complexity index is 1370. The normalized spacial score (nSPS) is 15.2. The lowest BCUT2D eigenvalue weighted by Crippen LogP contribution is -2.36. The van der Waals surface area contributed by atoms with Gasteiger partial charge in [0.2, 0.25) is 0 Å². The zero-order chi connectivity index (χ0) is 22.9. The van der Waals surface area contributed by atoms with Crippen LogP contribution in [0.25, 0.3) is 22.2 Å². The largest absolute Gasteiger partial charge is 0.378 e. The molecule has 4 aromatic rings. The molecule has 4 heterocycles. The quantitative estimate of drug-likeness (QED) is 0.302. The van der Waals surface area contributed by atoms with Crippen LogP contribution in [0.15, 0.2) is 65.8 Å². The van der Waals surface area contributed by atoms with Crippen molar-refractivity contribution in [3.8, 4) is 11.1 Å². The van der Waals surface area contributed by atoms with Gasteiger partial charge in [0, 0.05) is 72.8 Å². The van der Waals surface area contributed by atoms with Gasteiger partial charge >= 0.3 is 0 Å². The molecule has 6 nitrogen and oxygen atoms in total. The second-order valence-electron chi connectivity index (χ2n) is 7.99. The summed E-state index contributed by atoms with van der Waals surface area (Å²) in [6.45, 7) is 4.97. The van der Waals surface area contributed by atoms with Gasteiger partial charge < -0.3 is 14.2 Å². The molecule has 0 amide bonds. The van der Waals surface area contributed by atoms with Crippen molar-refractivity contribution in [1.29, 1.82) is 0 Å². The number of pyridine rings is 2. The average Bonchev–Trinajstić information content (AvgIpc) is 3.22. The maximum atomic E-state index is 13.7. The highest BCUT2D eigenvalue weighted by Crippen LogP contribution is 2.35. The maximum Gasteiger partial charge on any atom is 0.251 e. The molecule has 170 valence electrons. The van der Waals surface area contributed by atoms with Crippen molar-refractivity contribution >= 4 is 47.0 Å². The standard InChI is InChI=1S/C24H22FIN4O2S/c1-16(17-3-2-4-19(25)11-17)29-6-5-18(12-23(29)31)22-15-30(33-26)24-21(22)13-20(14-27-24)28-7-9-32-10-8-28/h2-6,11-16H,7-10H2,1H3. The Morgan fingerprint density at radius 1 is 1.18 bits per heavy atom. The third-order valence-electron chi connectivity index (χ3n) is 6.06. The second kappa shape index (κ2) is 9.47. The van der Waals surface area contributed by atoms with Crippen LogP contribution >= 0.6 is 30.3 Å². The molecule has 33 heavy (non-hydrogen) atoms. The van der Waals surface area contributed by atoms with E-state index in [1.165, 1.54) is 21.3 Å². The van der Waals surface area contributed by atoms with Crippen LogP contribution in [0.5, 0.6) is 0 Å². The van der Waals surface area contributed by atoms with E-state index in [9.17, 15) is 9.18 Å². The first-order chi connectivity index (χ1) is 16.0. The summed E-state index contributed by atoms with van der Waals surface area (Å²) in [6.07, 6.45) is 5.71. The third-order valence-corrected chi connectivity index (χ3v) is 7.76. The van der Waals surface area contributed by atoms with Gasteiger partial charge in [-0.3, -0.25) is 8.77 Å². The Hall–Kier alpha value is -2.37. The van der Waals surface area contributed by atoms with E-state index in [0.717, 1.165) is 46.5 Å². The number of aromatic nitrogens is 3. The van der Waals surface area contributed by atoms with Crippen LogP contribution in [-0.2, 0) is 4.74 Å². The van der Waals surface area contributed by atoms with Gasteiger partial charge in [0.15, 0.2) is 5.65 Å². The first kappa shape index (κ1) is 22.4. The Morgan fingerprint density at radius 3 is 2.73 bits per heavy atom. The highest BCUT2D eigenvalue weighted by atomic mass is 127. The predicted octanol–water partition coefficient (Wildman–Crippen LogP) is 5.30. The molecule has 0 radical (unpaired) electrons. The van der Waals surface area contributed by atoms with E-state index in [0.29, 0.717) is 13.2 Å². The van der Waals surface area contributed by atoms with Crippen LogP contribution in [0.2, 0.25) is 0 Å². The topological polar surface area (TPSA) is 52.3 Å². The molecular formula is C24H22FIN4O2S. The van der Waals surface area contributed by atoms with Crippen LogP contribution in [0.3, 0.4) is 0 Å². The van der Waals surface area contributed by atoms with Gasteiger partial charge in [-0.15, -0.1) is 0 Å². The number of benzene rings is 1. The smallest absolute Gasteiger partial charge is 0.251 e. The van der Waals surface area contributed by atoms with Crippen LogP contribution in [0.1, 0.15) is 18.5 Å². The van der Waals surface area contributed by atoms with E-state index < -0.39 is 0 Å². The molecule has 0 saturated carbocycles. The molecule has 1 fully saturated rings. The van der Waals surface area contributed by atoms with Crippen LogP contribution in [0.4, 0.5) is 10.1 Å². The van der Waals surface area contributed by atoms with Crippen molar-refractivity contribution in [3.05, 3.63) is 82.8 Å². The van der Waals surface area contributed by atoms with Gasteiger partial charge in [-0.25, -0.2) is 9.37 Å². The summed E-state index contributed by atoms with van der Waals surface area (Å²) in [4.78, 5) is 20.1. The number of morpholine rings is 1. The summed E-state index contributed by atoms with van der Waals surface area (Å²) in [5, 5.41) is 0.999. The molecule has 0 aliphatic carbocycles. The molecule has 1 aliphatic heterocycles. The van der Waals surface area contributed by atoms with Crippen LogP contribution in [-0.4, -0.2) is 39.8 Å². The van der Waals surface area contributed by atoms with E-state index in [1.54, 1.807) is 22.9 Å². The number of ether oxygens (including phenoxy) is 1. The van der Waals surface area contributed by atoms with Gasteiger partial charge in [-0.1, -0.05) is 12.1 Å². The van der Waals surface area contributed by atoms with Gasteiger partial charge in [0.1, 0.15) is 5.82 Å². The summed E-state index contributed by atoms with van der Waals surface area (Å²) in [7, 11) is 1.54. The van der Waals surface area contributed by atoms with Gasteiger partial charge in [-0.05, 0) is 42.3 Å². The lowest BCUT2D eigenvalue weighted by molar-refractivity contribution is 0.122. The van der Waals surface area contributed by atoms with E-state index >= 15 is 0 Å². The molecule has 0 N–H and O–H groups in total. The summed E-state index contributed by atoms with van der Waals surface area (Å²) in [6, 6.07) is 11.8. The molecule has 5 rings (SSSR count). The average molecular weight is 576 g/mol. The third kappa shape index (κ3) is 4.41. The number of rotatable bonds is 5. The van der Waals surface area contributed by atoms with Crippen molar-refractivity contribution in [2.45, 2.75) is 13.0 Å². The summed E-state index contributed by atoms with van der Waals surface area (Å²) in [5.74, 6) is -0.309. The monoisotopic (exact) mass is 576 g/mol. The lowest BCUT2D eigenvalue weighted by Gasteiger charge is -2.28. The first-order valence-electron chi connectivity index (χ1n) is 10.7. The number of nitrogens with zero attached hydrogens (tertiary/aromatic N) is 4. The molecule has 1 aromatic carbocycles. The number of hydrogen-bond acceptors (Lipinski definition) is 5. The maximum absolute atomic E-state index is 13.7. The van der Waals surface area contributed by atoms with Crippen molar-refractivity contribution in [2.24, 2.45) is 0 Å². The molecule has 0 spiro atoms. The Labute approximate surface area is 207 Å². The molecule has 1 unspecified atom stereocenters. The summed E-state index contributed by atoms with van der Waals surface area (Å²) >= 11 is 2.23. The minimum absolute atomic E-state index is 0.135. The molecule has 1 saturated heterocycles. The zero-order valence-electron chi connectivity index (χ0n) is 17.9. The number of fused-ring (bicyclic) bond motifs is 1. The lowest BCUT2D eigenvalue weighted by atomic mass is 10.1. The fraction of sp³-hybridized carbons (Fsp3) is 0.250. The summed E-state index contributed by atoms with van der Waals surface area (Å²) in [5.41, 5.74) is 4.32. The van der Waals surface area contributed by atoms with Crippen LogP contribution in [0, 0.1) is 5.82 Å². The number of hydrogen-bond donors (Lipinski definition) is 0. The Balaban J connectivity index is 1.55. The highest BCUT2D eigenvalue weighted by molar-refractivity contribution is 14.2. The van der Waals surface area contributed by atoms with Gasteiger partial charge in [-0.2, -0.15) is 0 Å². The summed E-state index contributed by atoms with van der Waals surface area (Å²) < 4.78 is 22.8. The first-order valence-corrected chi connectivity index (χ1v) is 14.0. The fourth-order valence-corrected chi connectivity index (χ4v) is 5.51. The minimum Gasteiger partial charge on any atom is -0.378 e. The van der Waals surface area contributed by atoms with Crippen molar-refractivity contribution in [2.75, 3.05) is 31.2 Å². The fourth-order valence-electron chi connectivity index (χ4n) is 4.25. The van der Waals surface area contributed by atoms with Crippen molar-refractivity contribution < 1.29 is 9.13 Å². The predicted molar refractivity (Wildman–Crippen MR) is 140 cm³/mol. The molecule has 0 bridgehead atoms. The SMILES string of the molecule is CC(c1cccc(F)c1)n1ccc(-c2cn(SI)c3ncc(N4CCOCC4)cc23)cc1=O. The molecule has 1 atom stereocenters. The molecule has 9 heteroatoms. The Kier molecular flexibility index (Phi) is 6.44. The van der Waals surface area contributed by atoms with Crippen molar-refractivity contribution in [3.63, 3.8) is 0 Å². The molecular weight excluding hydrogens is 554 g/mol. The molecule has 3 aromatic heterocycles. The Morgan fingerprint density at radius 2 is 2.00 bits per heavy atom. The van der Waals surface area contributed by atoms with Crippen LogP contribution < -0.4 is 10.5 Å². The van der Waals surface area contributed by atoms with E-state index in [4.69, 9.17) is 9.72 Å². The van der Waals surface area contributed by atoms with Gasteiger partial charge in [0.25, 0.3) is 5.56 Å². The second-order valence-corrected chi connectivity index (χ2v) is 9.71. The van der Waals surface area contributed by atoms with E-state index in [-0.39, 0.29) is 17.4 Å². The van der Waals surface area contributed by atoms with E-state index in [2.05, 4.69) is 32.2 Å².